The van der Waals surface area contributed by atoms with Crippen molar-refractivity contribution < 1.29 is 22.7 Å². The van der Waals surface area contributed by atoms with Gasteiger partial charge in [0.1, 0.15) is 13.0 Å². The largest absolute Gasteiger partial charge is 0.437 e. The maximum Gasteiger partial charge on any atom is 0.419 e. The van der Waals surface area contributed by atoms with Crippen LogP contribution in [0.25, 0.3) is 0 Å². The lowest BCUT2D eigenvalue weighted by atomic mass is 10.4. The zero-order valence-electron chi connectivity index (χ0n) is 6.94. The number of aromatic nitrogens is 2. The molecule has 1 aromatic heterocycles. The average Bonchev–Trinajstić information content (AvgIpc) is 2.65. The molecule has 0 radical (unpaired) electrons. The minimum atomic E-state index is -3.03. The lowest BCUT2D eigenvalue weighted by Crippen LogP contribution is -2.29. The normalized spacial score (nSPS) is 12.9. The van der Waals surface area contributed by atoms with Crippen LogP contribution < -0.4 is 0 Å². The first-order valence-electron chi connectivity index (χ1n) is 3.68. The van der Waals surface area contributed by atoms with Gasteiger partial charge in [0.15, 0.2) is 6.10 Å². The molecule has 1 heterocycles. The summed E-state index contributed by atoms with van der Waals surface area (Å²) in [5.41, 5.74) is 0. The summed E-state index contributed by atoms with van der Waals surface area (Å²) in [5, 5.41) is 0. The fourth-order valence-electron chi connectivity index (χ4n) is 0.708. The number of rotatable bonds is 3. The van der Waals surface area contributed by atoms with E-state index < -0.39 is 25.3 Å². The monoisotopic (exact) mass is 208 g/mol. The summed E-state index contributed by atoms with van der Waals surface area (Å²) >= 11 is 0. The third-order valence-corrected chi connectivity index (χ3v) is 1.40. The molecule has 4 nitrogen and oxygen atoms in total. The van der Waals surface area contributed by atoms with E-state index >= 15 is 0 Å². The minimum absolute atomic E-state index is 0.838. The molecule has 1 rings (SSSR count). The van der Waals surface area contributed by atoms with Gasteiger partial charge >= 0.3 is 6.09 Å². The van der Waals surface area contributed by atoms with Crippen molar-refractivity contribution in [3.8, 4) is 0 Å². The molecule has 1 aromatic rings. The van der Waals surface area contributed by atoms with Crippen LogP contribution in [0.2, 0.25) is 0 Å². The molecule has 14 heavy (non-hydrogen) atoms. The van der Waals surface area contributed by atoms with Gasteiger partial charge in [-0.2, -0.15) is 0 Å². The smallest absolute Gasteiger partial charge is 0.419 e. The van der Waals surface area contributed by atoms with Crippen molar-refractivity contribution in [3.05, 3.63) is 18.7 Å². The van der Waals surface area contributed by atoms with Gasteiger partial charge in [0.05, 0.1) is 0 Å². The summed E-state index contributed by atoms with van der Waals surface area (Å²) in [5.74, 6) is 0. The van der Waals surface area contributed by atoms with Gasteiger partial charge in [0.2, 0.25) is 0 Å². The van der Waals surface area contributed by atoms with E-state index in [-0.39, 0.29) is 0 Å². The van der Waals surface area contributed by atoms with Gasteiger partial charge in [-0.1, -0.05) is 0 Å². The van der Waals surface area contributed by atoms with Crippen molar-refractivity contribution in [2.75, 3.05) is 6.67 Å². The van der Waals surface area contributed by atoms with Crippen LogP contribution in [-0.4, -0.2) is 34.8 Å². The number of nitrogens with zero attached hydrogens (tertiary/aromatic N) is 2. The second kappa shape index (κ2) is 4.64. The van der Waals surface area contributed by atoms with Crippen molar-refractivity contribution in [3.63, 3.8) is 0 Å². The van der Waals surface area contributed by atoms with E-state index in [1.807, 2.05) is 0 Å². The number of imidazole rings is 1. The van der Waals surface area contributed by atoms with E-state index in [2.05, 4.69) is 9.72 Å². The Labute approximate surface area is 77.3 Å². The quantitative estimate of drug-likeness (QED) is 0.755. The maximum absolute atomic E-state index is 12.0. The average molecular weight is 208 g/mol. The van der Waals surface area contributed by atoms with E-state index in [1.165, 1.54) is 12.4 Å². The molecule has 7 heteroatoms. The van der Waals surface area contributed by atoms with Crippen LogP contribution in [0.4, 0.5) is 18.0 Å². The molecule has 0 saturated carbocycles. The fourth-order valence-corrected chi connectivity index (χ4v) is 0.708. The molecular formula is C7H7F3N2O2. The molecule has 0 aromatic carbocycles. The highest BCUT2D eigenvalue weighted by atomic mass is 19.3. The zero-order chi connectivity index (χ0) is 10.6. The second-order valence-electron chi connectivity index (χ2n) is 2.38. The lowest BCUT2D eigenvalue weighted by molar-refractivity contribution is -0.0281. The Morgan fingerprint density at radius 3 is 2.71 bits per heavy atom. The van der Waals surface area contributed by atoms with E-state index in [9.17, 15) is 18.0 Å². The second-order valence-corrected chi connectivity index (χ2v) is 2.38. The van der Waals surface area contributed by atoms with Crippen LogP contribution in [-0.2, 0) is 4.74 Å². The highest BCUT2D eigenvalue weighted by Crippen LogP contribution is 2.07. The molecule has 1 atom stereocenters. The predicted octanol–water partition coefficient (Wildman–Crippen LogP) is 1.47. The summed E-state index contributed by atoms with van der Waals surface area (Å²) in [6, 6.07) is 0. The molecule has 0 saturated heterocycles. The predicted molar refractivity (Wildman–Crippen MR) is 39.9 cm³/mol. The van der Waals surface area contributed by atoms with Gasteiger partial charge in [0.25, 0.3) is 6.43 Å². The molecule has 0 fully saturated rings. The first-order chi connectivity index (χ1) is 6.65. The molecular weight excluding hydrogens is 201 g/mol. The molecule has 0 spiro atoms. The van der Waals surface area contributed by atoms with Crippen LogP contribution in [0.15, 0.2) is 18.7 Å². The Morgan fingerprint density at radius 1 is 1.57 bits per heavy atom. The highest BCUT2D eigenvalue weighted by Gasteiger charge is 2.25. The first-order valence-corrected chi connectivity index (χ1v) is 3.68. The van der Waals surface area contributed by atoms with Gasteiger partial charge < -0.3 is 4.74 Å². The molecule has 0 N–H and O–H groups in total. The molecule has 1 unspecified atom stereocenters. The molecule has 0 aliphatic carbocycles. The topological polar surface area (TPSA) is 44.1 Å². The van der Waals surface area contributed by atoms with E-state index in [1.54, 1.807) is 0 Å². The summed E-state index contributed by atoms with van der Waals surface area (Å²) in [6.07, 6.45) is -2.58. The summed E-state index contributed by atoms with van der Waals surface area (Å²) in [6.45, 7) is -1.42. The number of alkyl halides is 3. The SMILES string of the molecule is O=C(OC(CF)C(F)F)n1ccnc1. The fraction of sp³-hybridized carbons (Fsp3) is 0.429. The standard InChI is InChI=1S/C7H7F3N2O2/c8-3-5(6(9)10)14-7(13)12-2-1-11-4-12/h1-2,4-6H,3H2. The number of ether oxygens (including phenoxy) is 1. The number of halogens is 3. The Balaban J connectivity index is 2.56. The lowest BCUT2D eigenvalue weighted by Gasteiger charge is -2.12. The zero-order valence-corrected chi connectivity index (χ0v) is 6.94. The van der Waals surface area contributed by atoms with Crippen LogP contribution in [0.3, 0.4) is 0 Å². The molecule has 0 bridgehead atoms. The maximum atomic E-state index is 12.0. The summed E-state index contributed by atoms with van der Waals surface area (Å²) in [4.78, 5) is 14.5. The molecule has 0 aliphatic heterocycles. The van der Waals surface area contributed by atoms with Crippen LogP contribution >= 0.6 is 0 Å². The Morgan fingerprint density at radius 2 is 2.29 bits per heavy atom. The Bertz CT molecular complexity index is 289. The van der Waals surface area contributed by atoms with Gasteiger partial charge in [-0.15, -0.1) is 0 Å². The van der Waals surface area contributed by atoms with Crippen molar-refractivity contribution in [2.45, 2.75) is 12.5 Å². The van der Waals surface area contributed by atoms with Crippen molar-refractivity contribution in [1.29, 1.82) is 0 Å². The highest BCUT2D eigenvalue weighted by molar-refractivity contribution is 5.70. The van der Waals surface area contributed by atoms with E-state index in [0.717, 1.165) is 10.9 Å². The third kappa shape index (κ3) is 2.48. The number of carbonyl (C=O) groups is 1. The number of hydrogen-bond donors (Lipinski definition) is 0. The van der Waals surface area contributed by atoms with Crippen LogP contribution in [0.5, 0.6) is 0 Å². The van der Waals surface area contributed by atoms with Gasteiger partial charge in [-0.3, -0.25) is 0 Å². The van der Waals surface area contributed by atoms with Gasteiger partial charge in [-0.05, 0) is 0 Å². The third-order valence-electron chi connectivity index (χ3n) is 1.40. The Kier molecular flexibility index (Phi) is 3.49. The van der Waals surface area contributed by atoms with E-state index in [0.29, 0.717) is 0 Å². The van der Waals surface area contributed by atoms with Crippen LogP contribution in [0.1, 0.15) is 0 Å². The number of hydrogen-bond acceptors (Lipinski definition) is 3. The summed E-state index contributed by atoms with van der Waals surface area (Å²) < 4.78 is 40.8. The molecule has 0 aliphatic rings. The van der Waals surface area contributed by atoms with Gasteiger partial charge in [0, 0.05) is 12.4 Å². The Hall–Kier alpha value is -1.53. The first kappa shape index (κ1) is 10.6. The molecule has 78 valence electrons. The molecule has 0 amide bonds. The van der Waals surface area contributed by atoms with Gasteiger partial charge in [-0.25, -0.2) is 27.5 Å². The van der Waals surface area contributed by atoms with E-state index in [4.69, 9.17) is 0 Å². The minimum Gasteiger partial charge on any atom is -0.437 e. The summed E-state index contributed by atoms with van der Waals surface area (Å²) in [7, 11) is 0. The van der Waals surface area contributed by atoms with Crippen LogP contribution in [0, 0.1) is 0 Å². The number of carbonyl (C=O) groups excluding carboxylic acids is 1. The van der Waals surface area contributed by atoms with Crippen molar-refractivity contribution in [1.82, 2.24) is 9.55 Å². The van der Waals surface area contributed by atoms with Crippen molar-refractivity contribution in [2.24, 2.45) is 0 Å². The van der Waals surface area contributed by atoms with Crippen molar-refractivity contribution >= 4 is 6.09 Å².